The van der Waals surface area contributed by atoms with Crippen LogP contribution in [-0.2, 0) is 0 Å². The van der Waals surface area contributed by atoms with E-state index in [1.807, 2.05) is 34.4 Å². The monoisotopic (exact) mass is 1010 g/mol. The van der Waals surface area contributed by atoms with Gasteiger partial charge in [0.1, 0.15) is 12.4 Å². The van der Waals surface area contributed by atoms with Crippen LogP contribution in [0.1, 0.15) is 0 Å². The van der Waals surface area contributed by atoms with Gasteiger partial charge in [0.05, 0.1) is 11.4 Å². The summed E-state index contributed by atoms with van der Waals surface area (Å²) in [5.41, 5.74) is 19.1. The second-order valence-corrected chi connectivity index (χ2v) is 22.6. The molecule has 75 heavy (non-hydrogen) atoms. The van der Waals surface area contributed by atoms with E-state index in [0.29, 0.717) is 6.61 Å². The van der Waals surface area contributed by atoms with Gasteiger partial charge in [0.15, 0.2) is 0 Å². The van der Waals surface area contributed by atoms with Crippen LogP contribution in [0.3, 0.4) is 0 Å². The van der Waals surface area contributed by atoms with Gasteiger partial charge >= 0.3 is 0 Å². The summed E-state index contributed by atoms with van der Waals surface area (Å²) < 4.78 is 9.54. The van der Waals surface area contributed by atoms with E-state index in [9.17, 15) is 0 Å². The number of allylic oxidation sites excluding steroid dienone is 3. The number of ether oxygens (including phenoxy) is 1. The molecular weight excluding hydrogens is 967 g/mol. The molecule has 0 unspecified atom stereocenters. The molecule has 4 aliphatic heterocycles. The standard InChI is InChI=1S/C67H44B2N2OS3/c1-43-54-35-20-21-38-72-56-41-49-42-58-53(40-48(49)39-52(56)68(43)66-62(70(54)50-31-16-6-17-32-50)59(44-23-8-2-9-24-44)64(74-66)46-27-12-4-13-28-46)69-61-55(36-22-37-57(61)73-58)71(51-33-18-7-19-34-51)63-60(45-25-10-3-11-26-45)65(75-67(63)69)47-29-14-5-15-30-47/h2-37,39-42H,1,38H2/b21-20-,54-35+. The Bertz CT molecular complexity index is 4120. The maximum atomic E-state index is 6.94. The Balaban J connectivity index is 0.988. The molecule has 0 N–H and O–H groups in total. The fourth-order valence-electron chi connectivity index (χ4n) is 12.0. The zero-order valence-electron chi connectivity index (χ0n) is 40.7. The number of benzene rings is 9. The van der Waals surface area contributed by atoms with Crippen LogP contribution in [-0.4, -0.2) is 20.0 Å². The maximum Gasteiger partial charge on any atom is 0.263 e. The number of fused-ring (bicyclic) bond motifs is 11. The molecule has 2 bridgehead atoms. The normalized spacial score (nSPS) is 15.2. The second kappa shape index (κ2) is 18.0. The van der Waals surface area contributed by atoms with Crippen molar-refractivity contribution < 1.29 is 4.74 Å². The third-order valence-electron chi connectivity index (χ3n) is 15.2. The van der Waals surface area contributed by atoms with Crippen molar-refractivity contribution in [2.24, 2.45) is 0 Å². The predicted octanol–water partition coefficient (Wildman–Crippen LogP) is 15.1. The van der Waals surface area contributed by atoms with Gasteiger partial charge in [-0.3, -0.25) is 0 Å². The average Bonchev–Trinajstić information content (AvgIpc) is 4.10. The van der Waals surface area contributed by atoms with Gasteiger partial charge in [0.2, 0.25) is 0 Å². The number of rotatable bonds is 6. The third-order valence-corrected chi connectivity index (χ3v) is 18.9. The molecule has 0 spiro atoms. The van der Waals surface area contributed by atoms with Gasteiger partial charge in [-0.1, -0.05) is 205 Å². The molecule has 4 aliphatic rings. The zero-order chi connectivity index (χ0) is 49.6. The van der Waals surface area contributed by atoms with Gasteiger partial charge in [-0.15, -0.1) is 29.3 Å². The van der Waals surface area contributed by atoms with Crippen LogP contribution in [0.4, 0.5) is 28.4 Å². The summed E-state index contributed by atoms with van der Waals surface area (Å²) in [6.45, 7) is 5.31. The molecule has 0 fully saturated rings. The first-order chi connectivity index (χ1) is 37.2. The molecule has 0 saturated carbocycles. The summed E-state index contributed by atoms with van der Waals surface area (Å²) in [5.74, 6) is 0.884. The minimum absolute atomic E-state index is 0.00350. The van der Waals surface area contributed by atoms with Crippen molar-refractivity contribution in [2.45, 2.75) is 9.79 Å². The molecule has 0 aliphatic carbocycles. The summed E-state index contributed by atoms with van der Waals surface area (Å²) >= 11 is 5.73. The van der Waals surface area contributed by atoms with Crippen molar-refractivity contribution in [1.29, 1.82) is 0 Å². The lowest BCUT2D eigenvalue weighted by atomic mass is 9.36. The minimum atomic E-state index is -0.195. The van der Waals surface area contributed by atoms with E-state index in [0.717, 1.165) is 39.1 Å². The molecule has 0 saturated heterocycles. The van der Waals surface area contributed by atoms with E-state index < -0.39 is 0 Å². The van der Waals surface area contributed by atoms with Crippen LogP contribution in [0.2, 0.25) is 0 Å². The smallest absolute Gasteiger partial charge is 0.263 e. The molecule has 8 heteroatoms. The van der Waals surface area contributed by atoms with E-state index >= 15 is 0 Å². The molecule has 352 valence electrons. The van der Waals surface area contributed by atoms with Crippen molar-refractivity contribution in [1.82, 2.24) is 0 Å². The Morgan fingerprint density at radius 3 is 1.57 bits per heavy atom. The predicted molar refractivity (Wildman–Crippen MR) is 323 cm³/mol. The molecule has 2 aromatic heterocycles. The molecule has 0 amide bonds. The Labute approximate surface area is 450 Å². The molecule has 0 atom stereocenters. The second-order valence-electron chi connectivity index (χ2n) is 19.4. The highest BCUT2D eigenvalue weighted by Gasteiger charge is 2.46. The number of hydrogen-bond acceptors (Lipinski definition) is 6. The van der Waals surface area contributed by atoms with Crippen LogP contribution in [0, 0.1) is 0 Å². The van der Waals surface area contributed by atoms with Crippen LogP contribution < -0.4 is 40.5 Å². The van der Waals surface area contributed by atoms with Gasteiger partial charge in [0, 0.05) is 63.0 Å². The highest BCUT2D eigenvalue weighted by Crippen LogP contribution is 2.53. The quantitative estimate of drug-likeness (QED) is 0.154. The summed E-state index contributed by atoms with van der Waals surface area (Å²) in [7, 11) is 0. The van der Waals surface area contributed by atoms with Gasteiger partial charge in [-0.2, -0.15) is 0 Å². The maximum absolute atomic E-state index is 6.94. The summed E-state index contributed by atoms with van der Waals surface area (Å²) in [5, 5.41) is 2.35. The molecular formula is C67H44B2N2OS3. The Morgan fingerprint density at radius 1 is 0.467 bits per heavy atom. The lowest BCUT2D eigenvalue weighted by Crippen LogP contribution is -2.58. The van der Waals surface area contributed by atoms with E-state index in [1.54, 1.807) is 0 Å². The largest absolute Gasteiger partial charge is 0.490 e. The number of para-hydroxylation sites is 2. The van der Waals surface area contributed by atoms with Crippen molar-refractivity contribution >= 4 is 113 Å². The lowest BCUT2D eigenvalue weighted by molar-refractivity contribution is 0.366. The Morgan fingerprint density at radius 2 is 0.973 bits per heavy atom. The highest BCUT2D eigenvalue weighted by molar-refractivity contribution is 8.00. The van der Waals surface area contributed by atoms with E-state index in [1.165, 1.54) is 95.9 Å². The fourth-order valence-corrected chi connectivity index (χ4v) is 16.1. The lowest BCUT2D eigenvalue weighted by Gasteiger charge is -2.39. The number of thiophene rings is 2. The third kappa shape index (κ3) is 7.12. The first-order valence-electron chi connectivity index (χ1n) is 25.5. The van der Waals surface area contributed by atoms with Gasteiger partial charge in [-0.05, 0) is 105 Å². The van der Waals surface area contributed by atoms with Crippen molar-refractivity contribution in [3.63, 3.8) is 0 Å². The SMILES string of the molecule is C=C1B2c3cc4cc5c(cc4cc3OC/C=C\C=C/1N(c1ccccc1)c1c2sc(-c2ccccc2)c1-c1ccccc1)Sc1cccc2c1B5c1sc(-c3ccccc3)c(-c3ccccc3)c1N2c1ccccc1. The molecule has 11 aromatic rings. The average molecular weight is 1010 g/mol. The van der Waals surface area contributed by atoms with Gasteiger partial charge in [-0.25, -0.2) is 0 Å². The number of anilines is 5. The van der Waals surface area contributed by atoms with Crippen molar-refractivity contribution in [2.75, 3.05) is 16.4 Å². The van der Waals surface area contributed by atoms with E-state index in [2.05, 4.69) is 252 Å². The first kappa shape index (κ1) is 44.2. The highest BCUT2D eigenvalue weighted by atomic mass is 32.2. The van der Waals surface area contributed by atoms with Gasteiger partial charge < -0.3 is 14.5 Å². The van der Waals surface area contributed by atoms with E-state index in [-0.39, 0.29) is 13.4 Å². The molecule has 6 heterocycles. The van der Waals surface area contributed by atoms with Crippen LogP contribution >= 0.6 is 34.4 Å². The zero-order valence-corrected chi connectivity index (χ0v) is 43.1. The number of nitrogens with zero attached hydrogens (tertiary/aromatic N) is 2. The van der Waals surface area contributed by atoms with Crippen LogP contribution in [0.25, 0.3) is 53.9 Å². The van der Waals surface area contributed by atoms with Gasteiger partial charge in [0.25, 0.3) is 13.4 Å². The van der Waals surface area contributed by atoms with Crippen molar-refractivity contribution in [3.05, 3.63) is 260 Å². The minimum Gasteiger partial charge on any atom is -0.490 e. The Kier molecular flexibility index (Phi) is 10.6. The summed E-state index contributed by atoms with van der Waals surface area (Å²) in [4.78, 5) is 10.1. The van der Waals surface area contributed by atoms with E-state index in [4.69, 9.17) is 11.3 Å². The topological polar surface area (TPSA) is 15.7 Å². The molecule has 3 nitrogen and oxygen atoms in total. The molecule has 15 rings (SSSR count). The van der Waals surface area contributed by atoms with Crippen LogP contribution in [0.15, 0.2) is 270 Å². The molecule has 0 radical (unpaired) electrons. The first-order valence-corrected chi connectivity index (χ1v) is 28.0. The van der Waals surface area contributed by atoms with Crippen molar-refractivity contribution in [3.8, 4) is 48.9 Å². The Hall–Kier alpha value is -8.26. The number of hydrogen-bond donors (Lipinski definition) is 0. The molecule has 9 aromatic carbocycles. The summed E-state index contributed by atoms with van der Waals surface area (Å²) in [6.07, 6.45) is 6.51. The fraction of sp³-hybridized carbons (Fsp3) is 0.0149. The van der Waals surface area contributed by atoms with Crippen LogP contribution in [0.5, 0.6) is 5.75 Å². The summed E-state index contributed by atoms with van der Waals surface area (Å²) in [6, 6.07) is 82.3.